The normalized spacial score (nSPS) is 16.8. The number of hydrogen-bond donors (Lipinski definition) is 0. The highest BCUT2D eigenvalue weighted by atomic mass is 14.2. The van der Waals surface area contributed by atoms with Crippen LogP contribution in [0.3, 0.4) is 0 Å². The second kappa shape index (κ2) is 12.8. The van der Waals surface area contributed by atoms with Crippen molar-refractivity contribution >= 4 is 0 Å². The predicted octanol–water partition coefficient (Wildman–Crippen LogP) is 10.6. The highest BCUT2D eigenvalue weighted by molar-refractivity contribution is 5.40. The van der Waals surface area contributed by atoms with E-state index in [-0.39, 0.29) is 0 Å². The van der Waals surface area contributed by atoms with Gasteiger partial charge in [-0.25, -0.2) is 0 Å². The largest absolute Gasteiger partial charge is 0.0622 e. The highest BCUT2D eigenvalue weighted by Crippen LogP contribution is 2.34. The number of benzene rings is 4. The fraction of sp³-hybridized carbons (Fsp3) is 0.385. The zero-order valence-corrected chi connectivity index (χ0v) is 23.6. The van der Waals surface area contributed by atoms with E-state index in [4.69, 9.17) is 0 Å². The van der Waals surface area contributed by atoms with Crippen molar-refractivity contribution in [3.05, 3.63) is 142 Å². The summed E-state index contributed by atoms with van der Waals surface area (Å²) in [6.07, 6.45) is 16.9. The Balaban J connectivity index is 1.21. The van der Waals surface area contributed by atoms with Crippen LogP contribution in [0.15, 0.2) is 97.1 Å². The predicted molar refractivity (Wildman–Crippen MR) is 166 cm³/mol. The van der Waals surface area contributed by atoms with Crippen molar-refractivity contribution < 1.29 is 0 Å². The van der Waals surface area contributed by atoms with Crippen LogP contribution in [0.5, 0.6) is 0 Å². The molecule has 2 fully saturated rings. The molecule has 2 saturated carbocycles. The van der Waals surface area contributed by atoms with Crippen LogP contribution in [0.4, 0.5) is 0 Å². The second-order valence-electron chi connectivity index (χ2n) is 12.3. The molecule has 0 nitrogen and oxygen atoms in total. The molecule has 0 spiro atoms. The van der Waals surface area contributed by atoms with Gasteiger partial charge < -0.3 is 0 Å². The van der Waals surface area contributed by atoms with Gasteiger partial charge in [-0.2, -0.15) is 0 Å². The molecule has 0 amide bonds. The monoisotopic (exact) mass is 512 g/mol. The van der Waals surface area contributed by atoms with Crippen LogP contribution in [0.25, 0.3) is 0 Å². The zero-order valence-electron chi connectivity index (χ0n) is 23.6. The van der Waals surface area contributed by atoms with Gasteiger partial charge in [-0.05, 0) is 101 Å². The Morgan fingerprint density at radius 2 is 0.718 bits per heavy atom. The summed E-state index contributed by atoms with van der Waals surface area (Å²) < 4.78 is 0. The van der Waals surface area contributed by atoms with Crippen LogP contribution in [-0.2, 0) is 19.3 Å². The van der Waals surface area contributed by atoms with E-state index in [1.54, 1.807) is 11.1 Å². The minimum absolute atomic E-state index is 0.776. The average molecular weight is 513 g/mol. The van der Waals surface area contributed by atoms with Crippen LogP contribution in [0.1, 0.15) is 121 Å². The molecule has 0 unspecified atom stereocenters. The molecule has 0 bridgehead atoms. The molecule has 0 aromatic heterocycles. The molecule has 4 aromatic carbocycles. The third-order valence-corrected chi connectivity index (χ3v) is 9.29. The molecule has 0 radical (unpaired) electrons. The van der Waals surface area contributed by atoms with Gasteiger partial charge in [0.05, 0.1) is 0 Å². The van der Waals surface area contributed by atoms with Gasteiger partial charge in [-0.3, -0.25) is 0 Å². The van der Waals surface area contributed by atoms with Gasteiger partial charge in [-0.15, -0.1) is 0 Å². The molecule has 200 valence electrons. The maximum absolute atomic E-state index is 2.46. The van der Waals surface area contributed by atoms with Crippen molar-refractivity contribution in [2.45, 2.75) is 95.3 Å². The van der Waals surface area contributed by atoms with Gasteiger partial charge >= 0.3 is 0 Å². The van der Waals surface area contributed by atoms with Gasteiger partial charge in [0, 0.05) is 0 Å². The first-order valence-electron chi connectivity index (χ1n) is 15.6. The van der Waals surface area contributed by atoms with Crippen molar-refractivity contribution in [2.24, 2.45) is 0 Å². The maximum atomic E-state index is 2.46. The lowest BCUT2D eigenvalue weighted by Crippen LogP contribution is -2.04. The summed E-state index contributed by atoms with van der Waals surface area (Å²) in [4.78, 5) is 0. The van der Waals surface area contributed by atoms with Gasteiger partial charge in [0.1, 0.15) is 0 Å². The SMILES string of the molecule is c1ccc(Cc2cc(Cc3ccc(C4CCCCC4)cc3)cc(Cc3ccc(C4CCCCC4)cc3)c2)cc1. The van der Waals surface area contributed by atoms with E-state index in [2.05, 4.69) is 97.1 Å². The van der Waals surface area contributed by atoms with Crippen LogP contribution in [0.2, 0.25) is 0 Å². The average Bonchev–Trinajstić information content (AvgIpc) is 2.99. The molecule has 0 atom stereocenters. The quantitative estimate of drug-likeness (QED) is 0.220. The van der Waals surface area contributed by atoms with E-state index in [1.807, 2.05) is 0 Å². The third-order valence-electron chi connectivity index (χ3n) is 9.29. The Labute approximate surface area is 236 Å². The third kappa shape index (κ3) is 7.10. The van der Waals surface area contributed by atoms with Crippen molar-refractivity contribution in [3.8, 4) is 0 Å². The first-order chi connectivity index (χ1) is 19.3. The molecule has 2 aliphatic rings. The molecule has 0 saturated heterocycles. The van der Waals surface area contributed by atoms with Crippen molar-refractivity contribution in [3.63, 3.8) is 0 Å². The fourth-order valence-corrected chi connectivity index (χ4v) is 7.14. The number of rotatable bonds is 8. The molecule has 6 rings (SSSR count). The summed E-state index contributed by atoms with van der Waals surface area (Å²) in [7, 11) is 0. The Morgan fingerprint density at radius 3 is 1.10 bits per heavy atom. The summed E-state index contributed by atoms with van der Waals surface area (Å²) in [6.45, 7) is 0. The lowest BCUT2D eigenvalue weighted by Gasteiger charge is -2.22. The summed E-state index contributed by atoms with van der Waals surface area (Å²) in [5, 5.41) is 0. The lowest BCUT2D eigenvalue weighted by molar-refractivity contribution is 0.443. The van der Waals surface area contributed by atoms with Gasteiger partial charge in [0.25, 0.3) is 0 Å². The van der Waals surface area contributed by atoms with Gasteiger partial charge in [0.2, 0.25) is 0 Å². The standard InChI is InChI=1S/C39H44/c1-4-10-30(11-5-1)24-33-27-34(25-31-16-20-38(21-17-31)36-12-6-2-7-13-36)29-35(28-33)26-32-18-22-39(23-19-32)37-14-8-3-9-15-37/h1,4-5,10-11,16-23,27-29,36-37H,2-3,6-9,12-15,24-26H2. The molecule has 0 N–H and O–H groups in total. The van der Waals surface area contributed by atoms with Gasteiger partial charge in [0.15, 0.2) is 0 Å². The van der Waals surface area contributed by atoms with Crippen molar-refractivity contribution in [1.82, 2.24) is 0 Å². The Kier molecular flexibility index (Phi) is 8.59. The molecule has 0 heterocycles. The topological polar surface area (TPSA) is 0 Å². The summed E-state index contributed by atoms with van der Waals surface area (Å²) in [6, 6.07) is 37.4. The fourth-order valence-electron chi connectivity index (χ4n) is 7.14. The first-order valence-corrected chi connectivity index (χ1v) is 15.6. The van der Waals surface area contributed by atoms with E-state index < -0.39 is 0 Å². The first kappa shape index (κ1) is 26.1. The minimum Gasteiger partial charge on any atom is -0.0622 e. The zero-order chi connectivity index (χ0) is 26.3. The molecule has 0 heteroatoms. The van der Waals surface area contributed by atoms with E-state index in [9.17, 15) is 0 Å². The molecular weight excluding hydrogens is 468 g/mol. The van der Waals surface area contributed by atoms with Crippen molar-refractivity contribution in [1.29, 1.82) is 0 Å². The Hall–Kier alpha value is -3.12. The summed E-state index contributed by atoms with van der Waals surface area (Å²) in [5.74, 6) is 1.55. The number of hydrogen-bond acceptors (Lipinski definition) is 0. The molecule has 39 heavy (non-hydrogen) atoms. The van der Waals surface area contributed by atoms with E-state index in [0.717, 1.165) is 31.1 Å². The molecular formula is C39H44. The van der Waals surface area contributed by atoms with Crippen LogP contribution < -0.4 is 0 Å². The van der Waals surface area contributed by atoms with Crippen LogP contribution in [-0.4, -0.2) is 0 Å². The molecule has 0 aliphatic heterocycles. The van der Waals surface area contributed by atoms with E-state index in [0.29, 0.717) is 0 Å². The summed E-state index contributed by atoms with van der Waals surface area (Å²) in [5.41, 5.74) is 11.6. The highest BCUT2D eigenvalue weighted by Gasteiger charge is 2.16. The van der Waals surface area contributed by atoms with Gasteiger partial charge in [-0.1, -0.05) is 136 Å². The van der Waals surface area contributed by atoms with Crippen LogP contribution >= 0.6 is 0 Å². The van der Waals surface area contributed by atoms with Crippen LogP contribution in [0, 0.1) is 0 Å². The maximum Gasteiger partial charge on any atom is -0.00256 e. The van der Waals surface area contributed by atoms with E-state index in [1.165, 1.54) is 97.6 Å². The minimum atomic E-state index is 0.776. The molecule has 4 aromatic rings. The Morgan fingerprint density at radius 1 is 0.359 bits per heavy atom. The smallest absolute Gasteiger partial charge is 0.00256 e. The molecule has 2 aliphatic carbocycles. The second-order valence-corrected chi connectivity index (χ2v) is 12.3. The summed E-state index contributed by atoms with van der Waals surface area (Å²) >= 11 is 0. The Bertz CT molecular complexity index is 1220. The van der Waals surface area contributed by atoms with Crippen molar-refractivity contribution in [2.75, 3.05) is 0 Å². The van der Waals surface area contributed by atoms with E-state index >= 15 is 0 Å². The lowest BCUT2D eigenvalue weighted by atomic mass is 9.83.